The van der Waals surface area contributed by atoms with Crippen molar-refractivity contribution in [2.24, 2.45) is 0 Å². The van der Waals surface area contributed by atoms with E-state index in [1.165, 1.54) is 5.56 Å². The van der Waals surface area contributed by atoms with Gasteiger partial charge in [0.15, 0.2) is 0 Å². The van der Waals surface area contributed by atoms with Crippen LogP contribution in [-0.4, -0.2) is 55.2 Å². The van der Waals surface area contributed by atoms with Crippen molar-refractivity contribution in [3.05, 3.63) is 34.9 Å². The summed E-state index contributed by atoms with van der Waals surface area (Å²) in [5, 5.41) is 0.787. The summed E-state index contributed by atoms with van der Waals surface area (Å²) in [4.78, 5) is 15.7. The van der Waals surface area contributed by atoms with Crippen LogP contribution in [0.25, 0.3) is 0 Å². The lowest BCUT2D eigenvalue weighted by atomic mass is 10.1. The highest BCUT2D eigenvalue weighted by Gasteiger charge is 2.21. The summed E-state index contributed by atoms with van der Waals surface area (Å²) in [7, 11) is 0. The van der Waals surface area contributed by atoms with Gasteiger partial charge in [0.1, 0.15) is 0 Å². The normalized spacial score (nSPS) is 16.2. The fourth-order valence-corrected chi connectivity index (χ4v) is 2.56. The standard InChI is InChI=1S/C15H21ClN2O2/c1-2-20-15(19)18-10-8-17(9-11-18)7-6-13-4-3-5-14(16)12-13/h3-5,12H,2,6-11H2,1H3. The lowest BCUT2D eigenvalue weighted by Crippen LogP contribution is -2.49. The predicted octanol–water partition coefficient (Wildman–Crippen LogP) is 2.66. The first kappa shape index (κ1) is 15.1. The van der Waals surface area contributed by atoms with Crippen molar-refractivity contribution in [3.8, 4) is 0 Å². The van der Waals surface area contributed by atoms with E-state index in [0.29, 0.717) is 6.61 Å². The van der Waals surface area contributed by atoms with Crippen molar-refractivity contribution in [1.29, 1.82) is 0 Å². The first-order valence-corrected chi connectivity index (χ1v) is 7.45. The molecule has 4 nitrogen and oxygen atoms in total. The molecule has 2 rings (SSSR count). The molecule has 1 aliphatic heterocycles. The van der Waals surface area contributed by atoms with E-state index >= 15 is 0 Å². The van der Waals surface area contributed by atoms with Crippen molar-refractivity contribution >= 4 is 17.7 Å². The maximum absolute atomic E-state index is 11.6. The van der Waals surface area contributed by atoms with E-state index in [-0.39, 0.29) is 6.09 Å². The minimum absolute atomic E-state index is 0.193. The Morgan fingerprint density at radius 3 is 2.70 bits per heavy atom. The van der Waals surface area contributed by atoms with Gasteiger partial charge in [0, 0.05) is 37.7 Å². The molecule has 0 unspecified atom stereocenters. The zero-order chi connectivity index (χ0) is 14.4. The number of benzene rings is 1. The average Bonchev–Trinajstić information content (AvgIpc) is 2.46. The van der Waals surface area contributed by atoms with Gasteiger partial charge in [-0.25, -0.2) is 4.79 Å². The second-order valence-electron chi connectivity index (χ2n) is 4.91. The molecule has 1 heterocycles. The molecule has 20 heavy (non-hydrogen) atoms. The van der Waals surface area contributed by atoms with E-state index in [2.05, 4.69) is 11.0 Å². The minimum Gasteiger partial charge on any atom is -0.450 e. The second-order valence-corrected chi connectivity index (χ2v) is 5.34. The van der Waals surface area contributed by atoms with Crippen LogP contribution < -0.4 is 0 Å². The summed E-state index contributed by atoms with van der Waals surface area (Å²) in [6, 6.07) is 7.98. The molecular formula is C15H21ClN2O2. The fraction of sp³-hybridized carbons (Fsp3) is 0.533. The molecule has 0 atom stereocenters. The van der Waals surface area contributed by atoms with Gasteiger partial charge in [-0.1, -0.05) is 23.7 Å². The van der Waals surface area contributed by atoms with E-state index in [0.717, 1.165) is 44.2 Å². The van der Waals surface area contributed by atoms with Gasteiger partial charge in [0.2, 0.25) is 0 Å². The van der Waals surface area contributed by atoms with E-state index in [4.69, 9.17) is 16.3 Å². The molecule has 1 amide bonds. The molecular weight excluding hydrogens is 276 g/mol. The number of piperazine rings is 1. The molecule has 1 aromatic rings. The minimum atomic E-state index is -0.193. The fourth-order valence-electron chi connectivity index (χ4n) is 2.35. The van der Waals surface area contributed by atoms with E-state index in [1.54, 1.807) is 4.90 Å². The van der Waals surface area contributed by atoms with Crippen LogP contribution in [0, 0.1) is 0 Å². The Balaban J connectivity index is 1.73. The van der Waals surface area contributed by atoms with Gasteiger partial charge < -0.3 is 9.64 Å². The first-order valence-electron chi connectivity index (χ1n) is 7.07. The van der Waals surface area contributed by atoms with Gasteiger partial charge in [0.25, 0.3) is 0 Å². The van der Waals surface area contributed by atoms with Gasteiger partial charge in [-0.3, -0.25) is 4.90 Å². The molecule has 0 aliphatic carbocycles. The summed E-state index contributed by atoms with van der Waals surface area (Å²) in [6.07, 6.45) is 0.793. The highest BCUT2D eigenvalue weighted by molar-refractivity contribution is 6.30. The summed E-state index contributed by atoms with van der Waals surface area (Å²) in [5.41, 5.74) is 1.25. The summed E-state index contributed by atoms with van der Waals surface area (Å²) >= 11 is 5.98. The topological polar surface area (TPSA) is 32.8 Å². The van der Waals surface area contributed by atoms with E-state index in [9.17, 15) is 4.79 Å². The van der Waals surface area contributed by atoms with Crippen LogP contribution in [-0.2, 0) is 11.2 Å². The van der Waals surface area contributed by atoms with Crippen molar-refractivity contribution in [3.63, 3.8) is 0 Å². The molecule has 5 heteroatoms. The molecule has 1 fully saturated rings. The van der Waals surface area contributed by atoms with Crippen molar-refractivity contribution in [2.75, 3.05) is 39.3 Å². The SMILES string of the molecule is CCOC(=O)N1CCN(CCc2cccc(Cl)c2)CC1. The highest BCUT2D eigenvalue weighted by atomic mass is 35.5. The van der Waals surface area contributed by atoms with Gasteiger partial charge in [-0.2, -0.15) is 0 Å². The van der Waals surface area contributed by atoms with Crippen LogP contribution in [0.4, 0.5) is 4.79 Å². The Morgan fingerprint density at radius 2 is 2.05 bits per heavy atom. The molecule has 1 aromatic carbocycles. The van der Waals surface area contributed by atoms with Gasteiger partial charge in [-0.15, -0.1) is 0 Å². The number of hydrogen-bond donors (Lipinski definition) is 0. The molecule has 0 bridgehead atoms. The van der Waals surface area contributed by atoms with Crippen molar-refractivity contribution in [1.82, 2.24) is 9.80 Å². The zero-order valence-electron chi connectivity index (χ0n) is 11.8. The molecule has 1 saturated heterocycles. The Labute approximate surface area is 125 Å². The molecule has 110 valence electrons. The Hall–Kier alpha value is -1.26. The molecule has 0 aromatic heterocycles. The van der Waals surface area contributed by atoms with Crippen molar-refractivity contribution < 1.29 is 9.53 Å². The van der Waals surface area contributed by atoms with Crippen molar-refractivity contribution in [2.45, 2.75) is 13.3 Å². The van der Waals surface area contributed by atoms with Gasteiger partial charge in [-0.05, 0) is 31.0 Å². The second kappa shape index (κ2) is 7.50. The lowest BCUT2D eigenvalue weighted by molar-refractivity contribution is 0.0799. The molecule has 0 radical (unpaired) electrons. The van der Waals surface area contributed by atoms with Crippen LogP contribution in [0.5, 0.6) is 0 Å². The van der Waals surface area contributed by atoms with Gasteiger partial charge in [0.05, 0.1) is 6.61 Å². The third-order valence-electron chi connectivity index (χ3n) is 3.50. The monoisotopic (exact) mass is 296 g/mol. The number of carbonyl (C=O) groups is 1. The molecule has 0 saturated carbocycles. The van der Waals surface area contributed by atoms with Crippen LogP contribution in [0.1, 0.15) is 12.5 Å². The number of nitrogens with zero attached hydrogens (tertiary/aromatic N) is 2. The Kier molecular flexibility index (Phi) is 5.68. The van der Waals surface area contributed by atoms with Gasteiger partial charge >= 0.3 is 6.09 Å². The highest BCUT2D eigenvalue weighted by Crippen LogP contribution is 2.12. The van der Waals surface area contributed by atoms with Crippen LogP contribution in [0.2, 0.25) is 5.02 Å². The third-order valence-corrected chi connectivity index (χ3v) is 3.74. The quantitative estimate of drug-likeness (QED) is 0.856. The molecule has 0 N–H and O–H groups in total. The smallest absolute Gasteiger partial charge is 0.409 e. The Morgan fingerprint density at radius 1 is 1.30 bits per heavy atom. The molecule has 1 aliphatic rings. The number of hydrogen-bond acceptors (Lipinski definition) is 3. The van der Waals surface area contributed by atoms with Crippen LogP contribution in [0.15, 0.2) is 24.3 Å². The Bertz CT molecular complexity index is 445. The largest absolute Gasteiger partial charge is 0.450 e. The number of rotatable bonds is 4. The third kappa shape index (κ3) is 4.39. The average molecular weight is 297 g/mol. The van der Waals surface area contributed by atoms with E-state index in [1.807, 2.05) is 25.1 Å². The first-order chi connectivity index (χ1) is 9.69. The number of carbonyl (C=O) groups excluding carboxylic acids is 1. The zero-order valence-corrected chi connectivity index (χ0v) is 12.6. The number of amides is 1. The summed E-state index contributed by atoms with van der Waals surface area (Å²) in [6.45, 7) is 6.56. The number of halogens is 1. The summed E-state index contributed by atoms with van der Waals surface area (Å²) < 4.78 is 5.01. The van der Waals surface area contributed by atoms with Crippen LogP contribution >= 0.6 is 11.6 Å². The predicted molar refractivity (Wildman–Crippen MR) is 80.2 cm³/mol. The molecule has 0 spiro atoms. The van der Waals surface area contributed by atoms with E-state index < -0.39 is 0 Å². The van der Waals surface area contributed by atoms with Crippen LogP contribution in [0.3, 0.4) is 0 Å². The maximum Gasteiger partial charge on any atom is 0.409 e. The maximum atomic E-state index is 11.6. The lowest BCUT2D eigenvalue weighted by Gasteiger charge is -2.34. The summed E-state index contributed by atoms with van der Waals surface area (Å²) in [5.74, 6) is 0. The number of ether oxygens (including phenoxy) is 1.